The summed E-state index contributed by atoms with van der Waals surface area (Å²) in [6, 6.07) is 10.5. The fourth-order valence-corrected chi connectivity index (χ4v) is 3.02. The van der Waals surface area contributed by atoms with E-state index in [0.717, 1.165) is 5.56 Å². The summed E-state index contributed by atoms with van der Waals surface area (Å²) in [7, 11) is -3.66. The first-order valence-electron chi connectivity index (χ1n) is 5.86. The first kappa shape index (κ1) is 14.2. The third kappa shape index (κ3) is 2.86. The molecule has 0 aromatic heterocycles. The second-order valence-electron chi connectivity index (χ2n) is 4.41. The molecule has 0 N–H and O–H groups in total. The van der Waals surface area contributed by atoms with Crippen molar-refractivity contribution in [3.05, 3.63) is 65.3 Å². The molecule has 2 aromatic carbocycles. The molecule has 0 heterocycles. The Morgan fingerprint density at radius 1 is 1.15 bits per heavy atom. The van der Waals surface area contributed by atoms with Crippen molar-refractivity contribution in [2.24, 2.45) is 0 Å². The van der Waals surface area contributed by atoms with E-state index < -0.39 is 15.7 Å². The Morgan fingerprint density at radius 2 is 1.80 bits per heavy atom. The molecular weight excluding hydrogens is 277 g/mol. The van der Waals surface area contributed by atoms with Gasteiger partial charge in [0.15, 0.2) is 0 Å². The summed E-state index contributed by atoms with van der Waals surface area (Å²) in [6.07, 6.45) is 0. The topological polar surface area (TPSA) is 38.5 Å². The van der Waals surface area contributed by atoms with Crippen LogP contribution in [-0.4, -0.2) is 14.3 Å². The van der Waals surface area contributed by atoms with Crippen LogP contribution in [0.4, 0.5) is 4.39 Å². The number of sulfone groups is 1. The fraction of sp³-hybridized carbons (Fsp3) is 0.133. The normalized spacial score (nSPS) is 11.1. The second-order valence-corrected chi connectivity index (χ2v) is 6.34. The third-order valence-corrected chi connectivity index (χ3v) is 4.35. The van der Waals surface area contributed by atoms with Gasteiger partial charge in [-0.05, 0) is 30.7 Å². The van der Waals surface area contributed by atoms with E-state index in [2.05, 4.69) is 4.85 Å². The van der Waals surface area contributed by atoms with Gasteiger partial charge in [0.2, 0.25) is 0 Å². The quantitative estimate of drug-likeness (QED) is 0.812. The highest BCUT2D eigenvalue weighted by Crippen LogP contribution is 2.29. The van der Waals surface area contributed by atoms with Gasteiger partial charge in [-0.3, -0.25) is 4.85 Å². The molecule has 0 radical (unpaired) electrons. The van der Waals surface area contributed by atoms with E-state index >= 15 is 0 Å². The minimum absolute atomic E-state index is 0.103. The van der Waals surface area contributed by atoms with E-state index in [1.54, 1.807) is 12.1 Å². The summed E-state index contributed by atoms with van der Waals surface area (Å²) in [5.74, 6) is -0.975. The van der Waals surface area contributed by atoms with E-state index in [-0.39, 0.29) is 10.7 Å². The maximum atomic E-state index is 13.0. The van der Waals surface area contributed by atoms with E-state index in [0.29, 0.717) is 11.1 Å². The maximum Gasteiger partial charge on any atom is 0.316 e. The molecule has 0 atom stereocenters. The zero-order chi connectivity index (χ0) is 14.8. The van der Waals surface area contributed by atoms with Crippen LogP contribution >= 0.6 is 0 Å². The first-order valence-corrected chi connectivity index (χ1v) is 7.52. The number of hydrogen-bond donors (Lipinski definition) is 0. The standard InChI is InChI=1S/C15H12FNO2S/c1-11-3-8-15(20(18,19)10-17-2)14(9-11)12-4-6-13(16)7-5-12/h3-9H,10H2,1H3. The Bertz CT molecular complexity index is 775. The molecule has 0 bridgehead atoms. The SMILES string of the molecule is [C-]#[N+]CS(=O)(=O)c1ccc(C)cc1-c1ccc(F)cc1. The van der Waals surface area contributed by atoms with Crippen molar-refractivity contribution in [1.29, 1.82) is 0 Å². The number of rotatable bonds is 3. The molecule has 0 fully saturated rings. The largest absolute Gasteiger partial charge is 0.316 e. The average molecular weight is 289 g/mol. The van der Waals surface area contributed by atoms with Gasteiger partial charge in [-0.2, -0.15) is 0 Å². The molecule has 0 amide bonds. The number of aryl methyl sites for hydroxylation is 1. The summed E-state index contributed by atoms with van der Waals surface area (Å²) < 4.78 is 37.2. The van der Waals surface area contributed by atoms with Gasteiger partial charge in [-0.1, -0.05) is 29.8 Å². The van der Waals surface area contributed by atoms with Crippen molar-refractivity contribution in [3.8, 4) is 11.1 Å². The minimum atomic E-state index is -3.66. The molecule has 5 heteroatoms. The number of benzene rings is 2. The highest BCUT2D eigenvalue weighted by molar-refractivity contribution is 7.91. The van der Waals surface area contributed by atoms with Crippen molar-refractivity contribution in [2.75, 3.05) is 5.88 Å². The second kappa shape index (κ2) is 5.43. The van der Waals surface area contributed by atoms with Gasteiger partial charge in [-0.15, -0.1) is 0 Å². The Labute approximate surface area is 117 Å². The number of nitrogens with zero attached hydrogens (tertiary/aromatic N) is 1. The lowest BCUT2D eigenvalue weighted by Crippen LogP contribution is -2.05. The Morgan fingerprint density at radius 3 is 2.40 bits per heavy atom. The van der Waals surface area contributed by atoms with E-state index in [9.17, 15) is 12.8 Å². The highest BCUT2D eigenvalue weighted by atomic mass is 32.2. The van der Waals surface area contributed by atoms with Crippen LogP contribution in [0.25, 0.3) is 16.0 Å². The molecule has 0 unspecified atom stereocenters. The van der Waals surface area contributed by atoms with Gasteiger partial charge in [0, 0.05) is 5.56 Å². The molecule has 3 nitrogen and oxygen atoms in total. The van der Waals surface area contributed by atoms with E-state index in [4.69, 9.17) is 6.57 Å². The van der Waals surface area contributed by atoms with E-state index in [1.165, 1.54) is 30.3 Å². The van der Waals surface area contributed by atoms with Crippen LogP contribution in [0.15, 0.2) is 47.4 Å². The summed E-state index contributed by atoms with van der Waals surface area (Å²) >= 11 is 0. The zero-order valence-corrected chi connectivity index (χ0v) is 11.6. The van der Waals surface area contributed by atoms with Crippen LogP contribution in [-0.2, 0) is 9.84 Å². The van der Waals surface area contributed by atoms with Gasteiger partial charge in [0.1, 0.15) is 5.82 Å². The molecule has 0 aliphatic heterocycles. The maximum absolute atomic E-state index is 13.0. The summed E-state index contributed by atoms with van der Waals surface area (Å²) in [6.45, 7) is 8.59. The lowest BCUT2D eigenvalue weighted by Gasteiger charge is -2.09. The summed E-state index contributed by atoms with van der Waals surface area (Å²) in [5, 5.41) is 0. The van der Waals surface area contributed by atoms with Crippen LogP contribution in [0, 0.1) is 19.3 Å². The predicted octanol–water partition coefficient (Wildman–Crippen LogP) is 3.45. The Balaban J connectivity index is 2.66. The minimum Gasteiger partial charge on any atom is -0.299 e. The lowest BCUT2D eigenvalue weighted by molar-refractivity contribution is 0.599. The van der Waals surface area contributed by atoms with Gasteiger partial charge < -0.3 is 0 Å². The van der Waals surface area contributed by atoms with Crippen LogP contribution in [0.1, 0.15) is 5.56 Å². The number of halogens is 1. The molecule has 0 saturated heterocycles. The van der Waals surface area contributed by atoms with Crippen molar-refractivity contribution >= 4 is 9.84 Å². The van der Waals surface area contributed by atoms with Gasteiger partial charge >= 0.3 is 5.88 Å². The van der Waals surface area contributed by atoms with Crippen LogP contribution in [0.3, 0.4) is 0 Å². The molecule has 2 aromatic rings. The zero-order valence-electron chi connectivity index (χ0n) is 10.8. The molecular formula is C15H12FNO2S. The van der Waals surface area contributed by atoms with Crippen LogP contribution < -0.4 is 0 Å². The molecule has 0 saturated carbocycles. The monoisotopic (exact) mass is 289 g/mol. The first-order chi connectivity index (χ1) is 9.44. The van der Waals surface area contributed by atoms with Crippen molar-refractivity contribution in [1.82, 2.24) is 0 Å². The molecule has 20 heavy (non-hydrogen) atoms. The van der Waals surface area contributed by atoms with Gasteiger partial charge in [0.25, 0.3) is 9.84 Å². The van der Waals surface area contributed by atoms with Gasteiger partial charge in [-0.25, -0.2) is 19.4 Å². The molecule has 0 aliphatic carbocycles. The third-order valence-electron chi connectivity index (χ3n) is 2.86. The highest BCUT2D eigenvalue weighted by Gasteiger charge is 2.22. The van der Waals surface area contributed by atoms with Crippen molar-refractivity contribution in [3.63, 3.8) is 0 Å². The molecule has 0 aliphatic rings. The Hall–Kier alpha value is -2.19. The number of hydrogen-bond acceptors (Lipinski definition) is 2. The smallest absolute Gasteiger partial charge is 0.299 e. The summed E-state index contributed by atoms with van der Waals surface area (Å²) in [4.78, 5) is 3.06. The average Bonchev–Trinajstić information content (AvgIpc) is 2.39. The Kier molecular flexibility index (Phi) is 3.86. The molecule has 0 spiro atoms. The van der Waals surface area contributed by atoms with Crippen molar-refractivity contribution in [2.45, 2.75) is 11.8 Å². The molecule has 2 rings (SSSR count). The van der Waals surface area contributed by atoms with Crippen LogP contribution in [0.2, 0.25) is 0 Å². The molecule has 102 valence electrons. The van der Waals surface area contributed by atoms with Crippen LogP contribution in [0.5, 0.6) is 0 Å². The lowest BCUT2D eigenvalue weighted by atomic mass is 10.0. The van der Waals surface area contributed by atoms with Crippen molar-refractivity contribution < 1.29 is 12.8 Å². The summed E-state index contributed by atoms with van der Waals surface area (Å²) in [5.41, 5.74) is 2.00. The van der Waals surface area contributed by atoms with E-state index in [1.807, 2.05) is 6.92 Å². The van der Waals surface area contributed by atoms with Gasteiger partial charge in [0.05, 0.1) is 4.90 Å². The fourth-order valence-electron chi connectivity index (χ4n) is 1.92. The predicted molar refractivity (Wildman–Crippen MR) is 75.2 cm³/mol.